The molecule has 0 aromatic heterocycles. The molecule has 0 heterocycles. The normalized spacial score (nSPS) is 30.3. The maximum atomic E-state index is 8.90. The Morgan fingerprint density at radius 2 is 2.36 bits per heavy atom. The molecule has 1 unspecified atom stereocenters. The molecule has 1 heteroatoms. The zero-order valence-electron chi connectivity index (χ0n) is 7.30. The Kier molecular flexibility index (Phi) is 2.50. The maximum Gasteiger partial charge on any atom is 0.0678 e. The van der Waals surface area contributed by atoms with E-state index in [0.717, 1.165) is 18.4 Å². The van der Waals surface area contributed by atoms with Crippen LogP contribution in [0, 0.1) is 5.41 Å². The van der Waals surface area contributed by atoms with E-state index in [9.17, 15) is 0 Å². The highest BCUT2D eigenvalue weighted by molar-refractivity contribution is 5.26. The monoisotopic (exact) mass is 152 g/mol. The molecule has 0 aliphatic heterocycles. The van der Waals surface area contributed by atoms with Crippen LogP contribution in [-0.4, -0.2) is 11.7 Å². The first-order valence-corrected chi connectivity index (χ1v) is 4.19. The van der Waals surface area contributed by atoms with Crippen LogP contribution in [0.3, 0.4) is 0 Å². The Bertz CT molecular complexity index is 191. The molecule has 62 valence electrons. The second-order valence-electron chi connectivity index (χ2n) is 3.49. The van der Waals surface area contributed by atoms with E-state index < -0.39 is 0 Å². The summed E-state index contributed by atoms with van der Waals surface area (Å²) in [5, 5.41) is 8.90. The van der Waals surface area contributed by atoms with Crippen molar-refractivity contribution in [2.45, 2.75) is 26.7 Å². The number of aliphatic hydroxyl groups excluding tert-OH is 1. The lowest BCUT2D eigenvalue weighted by Gasteiger charge is -2.26. The number of rotatable bonds is 2. The minimum Gasteiger partial charge on any atom is -0.392 e. The lowest BCUT2D eigenvalue weighted by Crippen LogP contribution is -2.14. The summed E-state index contributed by atoms with van der Waals surface area (Å²) in [7, 11) is 0. The Balaban J connectivity index is 2.75. The minimum atomic E-state index is 0.173. The molecule has 0 spiro atoms. The first-order valence-electron chi connectivity index (χ1n) is 4.19. The van der Waals surface area contributed by atoms with Gasteiger partial charge in [-0.25, -0.2) is 0 Å². The van der Waals surface area contributed by atoms with Gasteiger partial charge in [-0.3, -0.25) is 0 Å². The summed E-state index contributed by atoms with van der Waals surface area (Å²) in [5.74, 6) is 0. The molecule has 0 bridgehead atoms. The molecule has 1 N–H and O–H groups in total. The predicted octanol–water partition coefficient (Wildman–Crippen LogP) is 2.28. The van der Waals surface area contributed by atoms with E-state index in [2.05, 4.69) is 26.0 Å². The predicted molar refractivity (Wildman–Crippen MR) is 47.3 cm³/mol. The lowest BCUT2D eigenvalue weighted by atomic mass is 9.79. The van der Waals surface area contributed by atoms with Crippen LogP contribution in [-0.2, 0) is 0 Å². The SMILES string of the molecule is CCC1(C)C=C(CO)C=CC1. The average Bonchev–Trinajstić information content (AvgIpc) is 2.05. The summed E-state index contributed by atoms with van der Waals surface area (Å²) < 4.78 is 0. The van der Waals surface area contributed by atoms with Crippen LogP contribution < -0.4 is 0 Å². The van der Waals surface area contributed by atoms with Crippen molar-refractivity contribution < 1.29 is 5.11 Å². The summed E-state index contributed by atoms with van der Waals surface area (Å²) >= 11 is 0. The van der Waals surface area contributed by atoms with Crippen LogP contribution >= 0.6 is 0 Å². The minimum absolute atomic E-state index is 0.173. The van der Waals surface area contributed by atoms with Crippen molar-refractivity contribution in [3.05, 3.63) is 23.8 Å². The molecule has 0 radical (unpaired) electrons. The molecule has 1 rings (SSSR count). The summed E-state index contributed by atoms with van der Waals surface area (Å²) in [4.78, 5) is 0. The van der Waals surface area contributed by atoms with Crippen molar-refractivity contribution in [1.29, 1.82) is 0 Å². The smallest absolute Gasteiger partial charge is 0.0678 e. The van der Waals surface area contributed by atoms with E-state index in [4.69, 9.17) is 5.11 Å². The molecule has 1 aliphatic carbocycles. The highest BCUT2D eigenvalue weighted by atomic mass is 16.3. The summed E-state index contributed by atoms with van der Waals surface area (Å²) in [5.41, 5.74) is 1.34. The van der Waals surface area contributed by atoms with Crippen LogP contribution in [0.25, 0.3) is 0 Å². The Morgan fingerprint density at radius 1 is 1.64 bits per heavy atom. The molecule has 0 aromatic carbocycles. The Labute approximate surface area is 68.4 Å². The molecule has 0 amide bonds. The third kappa shape index (κ3) is 1.93. The van der Waals surface area contributed by atoms with Crippen molar-refractivity contribution >= 4 is 0 Å². The number of hydrogen-bond donors (Lipinski definition) is 1. The zero-order chi connectivity index (χ0) is 8.32. The highest BCUT2D eigenvalue weighted by Gasteiger charge is 2.19. The first kappa shape index (κ1) is 8.54. The fourth-order valence-electron chi connectivity index (χ4n) is 1.38. The summed E-state index contributed by atoms with van der Waals surface area (Å²) in [6, 6.07) is 0. The van der Waals surface area contributed by atoms with Crippen LogP contribution in [0.2, 0.25) is 0 Å². The van der Waals surface area contributed by atoms with Crippen molar-refractivity contribution in [2.24, 2.45) is 5.41 Å². The Morgan fingerprint density at radius 3 is 2.91 bits per heavy atom. The topological polar surface area (TPSA) is 20.2 Å². The van der Waals surface area contributed by atoms with Gasteiger partial charge in [0.25, 0.3) is 0 Å². The standard InChI is InChI=1S/C10H16O/c1-3-10(2)6-4-5-9(7-10)8-11/h4-5,7,11H,3,6,8H2,1-2H3. The van der Waals surface area contributed by atoms with E-state index in [-0.39, 0.29) is 12.0 Å². The molecule has 0 saturated heterocycles. The van der Waals surface area contributed by atoms with Crippen LogP contribution in [0.1, 0.15) is 26.7 Å². The molecule has 1 aliphatic rings. The van der Waals surface area contributed by atoms with Crippen molar-refractivity contribution in [3.8, 4) is 0 Å². The fourth-order valence-corrected chi connectivity index (χ4v) is 1.38. The van der Waals surface area contributed by atoms with Crippen LogP contribution in [0.15, 0.2) is 23.8 Å². The van der Waals surface area contributed by atoms with Gasteiger partial charge in [0, 0.05) is 0 Å². The zero-order valence-corrected chi connectivity index (χ0v) is 7.30. The van der Waals surface area contributed by atoms with E-state index in [0.29, 0.717) is 0 Å². The van der Waals surface area contributed by atoms with Gasteiger partial charge in [-0.15, -0.1) is 0 Å². The second kappa shape index (κ2) is 3.22. The maximum absolute atomic E-state index is 8.90. The molecular formula is C10H16O. The Hall–Kier alpha value is -0.560. The van der Waals surface area contributed by atoms with Gasteiger partial charge in [0.1, 0.15) is 0 Å². The number of hydrogen-bond acceptors (Lipinski definition) is 1. The molecule has 11 heavy (non-hydrogen) atoms. The van der Waals surface area contributed by atoms with Gasteiger partial charge in [-0.05, 0) is 23.8 Å². The van der Waals surface area contributed by atoms with Crippen molar-refractivity contribution in [3.63, 3.8) is 0 Å². The fraction of sp³-hybridized carbons (Fsp3) is 0.600. The van der Waals surface area contributed by atoms with E-state index >= 15 is 0 Å². The van der Waals surface area contributed by atoms with Crippen LogP contribution in [0.5, 0.6) is 0 Å². The van der Waals surface area contributed by atoms with Gasteiger partial charge >= 0.3 is 0 Å². The van der Waals surface area contributed by atoms with Crippen molar-refractivity contribution in [2.75, 3.05) is 6.61 Å². The molecule has 0 fully saturated rings. The summed E-state index contributed by atoms with van der Waals surface area (Å²) in [6.07, 6.45) is 8.59. The average molecular weight is 152 g/mol. The van der Waals surface area contributed by atoms with Gasteiger partial charge in [-0.1, -0.05) is 32.1 Å². The van der Waals surface area contributed by atoms with Gasteiger partial charge in [0.05, 0.1) is 6.61 Å². The summed E-state index contributed by atoms with van der Waals surface area (Å²) in [6.45, 7) is 4.59. The van der Waals surface area contributed by atoms with E-state index in [1.54, 1.807) is 0 Å². The molecule has 0 saturated carbocycles. The second-order valence-corrected chi connectivity index (χ2v) is 3.49. The van der Waals surface area contributed by atoms with Gasteiger partial charge < -0.3 is 5.11 Å². The largest absolute Gasteiger partial charge is 0.392 e. The molecule has 0 aromatic rings. The quantitative estimate of drug-likeness (QED) is 0.643. The van der Waals surface area contributed by atoms with Crippen molar-refractivity contribution in [1.82, 2.24) is 0 Å². The molecule has 1 atom stereocenters. The van der Waals surface area contributed by atoms with Crippen LogP contribution in [0.4, 0.5) is 0 Å². The molecular weight excluding hydrogens is 136 g/mol. The van der Waals surface area contributed by atoms with Gasteiger partial charge in [0.15, 0.2) is 0 Å². The van der Waals surface area contributed by atoms with E-state index in [1.807, 2.05) is 6.08 Å². The lowest BCUT2D eigenvalue weighted by molar-refractivity contribution is 0.326. The molecule has 1 nitrogen and oxygen atoms in total. The number of aliphatic hydroxyl groups is 1. The third-order valence-corrected chi connectivity index (χ3v) is 2.44. The van der Waals surface area contributed by atoms with Gasteiger partial charge in [0.2, 0.25) is 0 Å². The first-order chi connectivity index (χ1) is 5.20. The highest BCUT2D eigenvalue weighted by Crippen LogP contribution is 2.32. The number of allylic oxidation sites excluding steroid dienone is 2. The third-order valence-electron chi connectivity index (χ3n) is 2.44. The van der Waals surface area contributed by atoms with E-state index in [1.165, 1.54) is 0 Å². The van der Waals surface area contributed by atoms with Gasteiger partial charge in [-0.2, -0.15) is 0 Å².